The van der Waals surface area contributed by atoms with E-state index in [1.54, 1.807) is 6.92 Å². The summed E-state index contributed by atoms with van der Waals surface area (Å²) in [5.74, 6) is -0.120. The molecule has 0 aliphatic carbocycles. The minimum absolute atomic E-state index is 0. The van der Waals surface area contributed by atoms with Gasteiger partial charge in [0.05, 0.1) is 32.0 Å². The summed E-state index contributed by atoms with van der Waals surface area (Å²) < 4.78 is 62.1. The Bertz CT molecular complexity index is 1410. The fourth-order valence-electron chi connectivity index (χ4n) is 4.00. The summed E-state index contributed by atoms with van der Waals surface area (Å²) in [6.07, 6.45) is -3.31. The average molecular weight is 530 g/mol. The van der Waals surface area contributed by atoms with Crippen LogP contribution in [0.15, 0.2) is 65.3 Å². The molecule has 0 bridgehead atoms. The van der Waals surface area contributed by atoms with Gasteiger partial charge in [-0.25, -0.2) is 0 Å². The number of furan rings is 1. The first-order chi connectivity index (χ1) is 17.7. The second-order valence-corrected chi connectivity index (χ2v) is 8.31. The molecule has 0 atom stereocenters. The maximum atomic E-state index is 13.4. The highest BCUT2D eigenvalue weighted by molar-refractivity contribution is 5.91. The molecule has 0 fully saturated rings. The number of alkyl halides is 3. The number of rotatable bonds is 9. The fourth-order valence-corrected chi connectivity index (χ4v) is 4.00. The number of hydrogen-bond acceptors (Lipinski definition) is 6. The summed E-state index contributed by atoms with van der Waals surface area (Å²) in [4.78, 5) is 12.0. The monoisotopic (exact) mass is 529 g/mol. The zero-order valence-electron chi connectivity index (χ0n) is 20.4. The van der Waals surface area contributed by atoms with Crippen LogP contribution in [0.1, 0.15) is 36.6 Å². The third-order valence-electron chi connectivity index (χ3n) is 5.85. The van der Waals surface area contributed by atoms with Gasteiger partial charge in [-0.1, -0.05) is 31.7 Å². The number of ether oxygens (including phenoxy) is 3. The molecular weight excluding hydrogens is 499 g/mol. The van der Waals surface area contributed by atoms with E-state index in [9.17, 15) is 18.0 Å². The van der Waals surface area contributed by atoms with Crippen molar-refractivity contribution in [2.45, 2.75) is 40.1 Å². The Hall–Kier alpha value is -3.98. The third kappa shape index (κ3) is 6.28. The predicted molar refractivity (Wildman–Crippen MR) is 139 cm³/mol. The normalized spacial score (nSPS) is 11.2. The molecule has 0 radical (unpaired) electrons. The van der Waals surface area contributed by atoms with E-state index in [2.05, 4.69) is 0 Å². The van der Waals surface area contributed by atoms with Gasteiger partial charge in [0.2, 0.25) is 0 Å². The first kappa shape index (κ1) is 28.6. The van der Waals surface area contributed by atoms with Crippen LogP contribution in [-0.4, -0.2) is 19.7 Å². The lowest BCUT2D eigenvalue weighted by atomic mass is 10.00. The number of methoxy groups -OCH3 is 1. The molecule has 4 rings (SSSR count). The molecule has 0 spiro atoms. The maximum absolute atomic E-state index is 13.4. The molecule has 4 aromatic rings. The van der Waals surface area contributed by atoms with Crippen molar-refractivity contribution in [3.8, 4) is 22.6 Å². The number of carbonyl (C=O) groups excluding carboxylic acids is 1. The number of benzene rings is 3. The molecule has 0 saturated carbocycles. The van der Waals surface area contributed by atoms with E-state index in [4.69, 9.17) is 24.4 Å². The standard InChI is InChI=1S/C28H26F3NO5.CH4/c1-3-35-26(33)12-19-7-8-22(28(29,30)31)13-24(19)36-15-21-16-37-27-23(21)10-20(11-25(27)34-2)18-6-4-5-17(9-18)14-32;/h4-11,13,16H,3,12,14-15,32H2,1-2H3;1H4. The highest BCUT2D eigenvalue weighted by Crippen LogP contribution is 2.37. The number of fused-ring (bicyclic) bond motifs is 1. The summed E-state index contributed by atoms with van der Waals surface area (Å²) >= 11 is 0. The molecule has 38 heavy (non-hydrogen) atoms. The molecule has 2 N–H and O–H groups in total. The van der Waals surface area contributed by atoms with Gasteiger partial charge in [-0.15, -0.1) is 0 Å². The van der Waals surface area contributed by atoms with E-state index in [1.165, 1.54) is 19.4 Å². The van der Waals surface area contributed by atoms with Gasteiger partial charge in [0.1, 0.15) is 12.4 Å². The van der Waals surface area contributed by atoms with Crippen molar-refractivity contribution in [1.29, 1.82) is 0 Å². The fraction of sp³-hybridized carbons (Fsp3) is 0.276. The van der Waals surface area contributed by atoms with E-state index in [-0.39, 0.29) is 38.4 Å². The lowest BCUT2D eigenvalue weighted by molar-refractivity contribution is -0.142. The predicted octanol–water partition coefficient (Wildman–Crippen LogP) is 6.91. The van der Waals surface area contributed by atoms with Crippen LogP contribution in [0.3, 0.4) is 0 Å². The molecule has 0 unspecified atom stereocenters. The lowest BCUT2D eigenvalue weighted by Crippen LogP contribution is -2.11. The van der Waals surface area contributed by atoms with Gasteiger partial charge in [0.25, 0.3) is 0 Å². The van der Waals surface area contributed by atoms with Crippen LogP contribution in [0.2, 0.25) is 0 Å². The maximum Gasteiger partial charge on any atom is 0.416 e. The average Bonchev–Trinajstić information content (AvgIpc) is 3.30. The number of esters is 1. The van der Waals surface area contributed by atoms with Crippen molar-refractivity contribution in [1.82, 2.24) is 0 Å². The van der Waals surface area contributed by atoms with Crippen LogP contribution in [0, 0.1) is 0 Å². The summed E-state index contributed by atoms with van der Waals surface area (Å²) in [5, 5.41) is 0.687. The second kappa shape index (κ2) is 12.0. The van der Waals surface area contributed by atoms with E-state index >= 15 is 0 Å². The van der Waals surface area contributed by atoms with Crippen LogP contribution >= 0.6 is 0 Å². The molecular formula is C29H30F3NO5. The molecule has 1 aromatic heterocycles. The molecule has 3 aromatic carbocycles. The van der Waals surface area contributed by atoms with Gasteiger partial charge < -0.3 is 24.4 Å². The summed E-state index contributed by atoms with van der Waals surface area (Å²) in [6, 6.07) is 14.5. The van der Waals surface area contributed by atoms with Crippen LogP contribution in [0.25, 0.3) is 22.1 Å². The van der Waals surface area contributed by atoms with E-state index in [0.717, 1.165) is 28.8 Å². The Morgan fingerprint density at radius 3 is 2.47 bits per heavy atom. The first-order valence-corrected chi connectivity index (χ1v) is 11.6. The van der Waals surface area contributed by atoms with Crippen molar-refractivity contribution in [3.05, 3.63) is 83.1 Å². The van der Waals surface area contributed by atoms with Crippen LogP contribution in [-0.2, 0) is 35.3 Å². The van der Waals surface area contributed by atoms with Gasteiger partial charge in [0, 0.05) is 23.1 Å². The molecule has 0 aliphatic rings. The SMILES string of the molecule is C.CCOC(=O)Cc1ccc(C(F)(F)F)cc1OCc1coc2c(OC)cc(-c3cccc(CN)c3)cc12. The van der Waals surface area contributed by atoms with Gasteiger partial charge in [-0.05, 0) is 53.9 Å². The second-order valence-electron chi connectivity index (χ2n) is 8.31. The van der Waals surface area contributed by atoms with Gasteiger partial charge in [-0.3, -0.25) is 4.79 Å². The molecule has 202 valence electrons. The molecule has 6 nitrogen and oxygen atoms in total. The van der Waals surface area contributed by atoms with Crippen LogP contribution in [0.5, 0.6) is 11.5 Å². The molecule has 0 aliphatic heterocycles. The minimum Gasteiger partial charge on any atom is -0.493 e. The third-order valence-corrected chi connectivity index (χ3v) is 5.85. The molecule has 9 heteroatoms. The minimum atomic E-state index is -4.57. The molecule has 0 amide bonds. The Kier molecular flexibility index (Phi) is 9.06. The van der Waals surface area contributed by atoms with Crippen molar-refractivity contribution in [2.24, 2.45) is 5.73 Å². The van der Waals surface area contributed by atoms with E-state index in [1.807, 2.05) is 36.4 Å². The zero-order valence-corrected chi connectivity index (χ0v) is 20.4. The van der Waals surface area contributed by atoms with Gasteiger partial charge in [0.15, 0.2) is 11.3 Å². The summed E-state index contributed by atoms with van der Waals surface area (Å²) in [6.45, 7) is 2.11. The van der Waals surface area contributed by atoms with Crippen LogP contribution < -0.4 is 15.2 Å². The Morgan fingerprint density at radius 1 is 1.00 bits per heavy atom. The molecule has 1 heterocycles. The largest absolute Gasteiger partial charge is 0.493 e. The highest BCUT2D eigenvalue weighted by atomic mass is 19.4. The van der Waals surface area contributed by atoms with Crippen LogP contribution in [0.4, 0.5) is 13.2 Å². The number of halogens is 3. The van der Waals surface area contributed by atoms with Gasteiger partial charge >= 0.3 is 12.1 Å². The quantitative estimate of drug-likeness (QED) is 0.237. The topological polar surface area (TPSA) is 83.9 Å². The number of hydrogen-bond donors (Lipinski definition) is 1. The van der Waals surface area contributed by atoms with E-state index < -0.39 is 17.7 Å². The first-order valence-electron chi connectivity index (χ1n) is 11.6. The smallest absolute Gasteiger partial charge is 0.416 e. The number of carbonyl (C=O) groups is 1. The Labute approximate surface area is 219 Å². The highest BCUT2D eigenvalue weighted by Gasteiger charge is 2.31. The molecule has 0 saturated heterocycles. The number of nitrogens with two attached hydrogens (primary N) is 1. The van der Waals surface area contributed by atoms with Crippen molar-refractivity contribution in [3.63, 3.8) is 0 Å². The summed E-state index contributed by atoms with van der Waals surface area (Å²) in [7, 11) is 1.53. The Morgan fingerprint density at radius 2 is 1.79 bits per heavy atom. The van der Waals surface area contributed by atoms with Crippen molar-refractivity contribution < 1.29 is 36.6 Å². The van der Waals surface area contributed by atoms with E-state index in [0.29, 0.717) is 28.8 Å². The van der Waals surface area contributed by atoms with Crippen molar-refractivity contribution in [2.75, 3.05) is 13.7 Å². The zero-order chi connectivity index (χ0) is 26.6. The summed E-state index contributed by atoms with van der Waals surface area (Å²) in [5.41, 5.74) is 9.02. The van der Waals surface area contributed by atoms with Gasteiger partial charge in [-0.2, -0.15) is 13.2 Å². The van der Waals surface area contributed by atoms with Crippen molar-refractivity contribution >= 4 is 16.9 Å². The lowest BCUT2D eigenvalue weighted by Gasteiger charge is -2.14. The Balaban J connectivity index is 0.00000400.